The van der Waals surface area contributed by atoms with Crippen LogP contribution < -0.4 is 10.5 Å². The first-order chi connectivity index (χ1) is 8.06. The van der Waals surface area contributed by atoms with Crippen molar-refractivity contribution in [2.24, 2.45) is 0 Å². The zero-order valence-corrected chi connectivity index (χ0v) is 11.9. The maximum absolute atomic E-state index is 12.2. The number of aryl methyl sites for hydroxylation is 1. The summed E-state index contributed by atoms with van der Waals surface area (Å²) >= 11 is 0. The number of aliphatic hydroxyl groups is 1. The van der Waals surface area contributed by atoms with Crippen molar-refractivity contribution in [1.82, 2.24) is 4.72 Å². The molecule has 0 heterocycles. The van der Waals surface area contributed by atoms with Gasteiger partial charge in [-0.2, -0.15) is 0 Å². The average Bonchev–Trinajstić information content (AvgIpc) is 2.14. The molecule has 1 unspecified atom stereocenters. The first kappa shape index (κ1) is 14.9. The zero-order chi connectivity index (χ0) is 14.1. The van der Waals surface area contributed by atoms with Crippen LogP contribution in [-0.4, -0.2) is 25.2 Å². The second-order valence-corrected chi connectivity index (χ2v) is 6.70. The topological polar surface area (TPSA) is 92.4 Å². The molecule has 1 rings (SSSR count). The quantitative estimate of drug-likeness (QED) is 0.713. The Morgan fingerprint density at radius 3 is 2.39 bits per heavy atom. The Morgan fingerprint density at radius 2 is 1.94 bits per heavy atom. The van der Waals surface area contributed by atoms with Crippen LogP contribution in [0.3, 0.4) is 0 Å². The predicted molar refractivity (Wildman–Crippen MR) is 71.7 cm³/mol. The highest BCUT2D eigenvalue weighted by Gasteiger charge is 2.31. The number of sulfonamides is 1. The molecule has 1 aromatic carbocycles. The van der Waals surface area contributed by atoms with Gasteiger partial charge in [0.15, 0.2) is 0 Å². The Labute approximate surface area is 108 Å². The Morgan fingerprint density at radius 1 is 1.39 bits per heavy atom. The van der Waals surface area contributed by atoms with E-state index >= 15 is 0 Å². The lowest BCUT2D eigenvalue weighted by atomic mass is 10.0. The molecule has 0 aromatic heterocycles. The van der Waals surface area contributed by atoms with Gasteiger partial charge in [-0.3, -0.25) is 0 Å². The fourth-order valence-corrected chi connectivity index (χ4v) is 2.99. The van der Waals surface area contributed by atoms with E-state index in [2.05, 4.69) is 4.72 Å². The number of nitrogens with two attached hydrogens (primary N) is 1. The third kappa shape index (κ3) is 3.22. The fourth-order valence-electron chi connectivity index (χ4n) is 1.40. The summed E-state index contributed by atoms with van der Waals surface area (Å²) in [7, 11) is -3.75. The van der Waals surface area contributed by atoms with Gasteiger partial charge < -0.3 is 10.8 Å². The van der Waals surface area contributed by atoms with Crippen LogP contribution in [-0.2, 0) is 10.0 Å². The number of hydrogen-bond acceptors (Lipinski definition) is 4. The number of anilines is 1. The summed E-state index contributed by atoms with van der Waals surface area (Å²) in [6.07, 6.45) is -0.820. The molecule has 0 fully saturated rings. The molecule has 102 valence electrons. The Bertz CT molecular complexity index is 536. The van der Waals surface area contributed by atoms with Crippen molar-refractivity contribution in [2.45, 2.75) is 44.2 Å². The van der Waals surface area contributed by atoms with Crippen molar-refractivity contribution >= 4 is 15.7 Å². The smallest absolute Gasteiger partial charge is 0.243 e. The summed E-state index contributed by atoms with van der Waals surface area (Å²) in [5.74, 6) is 0. The molecule has 1 atom stereocenters. The predicted octanol–water partition coefficient (Wildman–Crippen LogP) is 1.01. The van der Waals surface area contributed by atoms with E-state index in [1.54, 1.807) is 26.0 Å². The molecule has 1 aromatic rings. The summed E-state index contributed by atoms with van der Waals surface area (Å²) < 4.78 is 26.8. The third-order valence-corrected chi connectivity index (χ3v) is 4.64. The standard InChI is InChI=1S/C12H20N2O3S/c1-8-5-6-11(10(13)7-8)18(16,17)14-12(3,4)9(2)15/h5-7,9,14-15H,13H2,1-4H3. The summed E-state index contributed by atoms with van der Waals surface area (Å²) in [6, 6.07) is 4.75. The number of aliphatic hydroxyl groups excluding tert-OH is 1. The molecule has 4 N–H and O–H groups in total. The van der Waals surface area contributed by atoms with E-state index in [9.17, 15) is 13.5 Å². The van der Waals surface area contributed by atoms with E-state index in [1.165, 1.54) is 13.0 Å². The van der Waals surface area contributed by atoms with E-state index in [1.807, 2.05) is 6.92 Å². The highest BCUT2D eigenvalue weighted by molar-refractivity contribution is 7.89. The highest BCUT2D eigenvalue weighted by atomic mass is 32.2. The van der Waals surface area contributed by atoms with Crippen molar-refractivity contribution in [3.63, 3.8) is 0 Å². The molecule has 0 saturated carbocycles. The van der Waals surface area contributed by atoms with Crippen LogP contribution in [0.1, 0.15) is 26.3 Å². The van der Waals surface area contributed by atoms with Gasteiger partial charge in [0.2, 0.25) is 10.0 Å². The molecule has 0 spiro atoms. The SMILES string of the molecule is Cc1ccc(S(=O)(=O)NC(C)(C)C(C)O)c(N)c1. The van der Waals surface area contributed by atoms with Gasteiger partial charge in [-0.25, -0.2) is 13.1 Å². The summed E-state index contributed by atoms with van der Waals surface area (Å²) in [5, 5.41) is 9.55. The van der Waals surface area contributed by atoms with Crippen molar-refractivity contribution in [1.29, 1.82) is 0 Å². The molecular formula is C12H20N2O3S. The van der Waals surface area contributed by atoms with Crippen LogP contribution in [0.15, 0.2) is 23.1 Å². The van der Waals surface area contributed by atoms with E-state index in [0.717, 1.165) is 5.56 Å². The average molecular weight is 272 g/mol. The minimum atomic E-state index is -3.75. The molecule has 0 saturated heterocycles. The highest BCUT2D eigenvalue weighted by Crippen LogP contribution is 2.22. The van der Waals surface area contributed by atoms with E-state index < -0.39 is 21.7 Å². The van der Waals surface area contributed by atoms with Gasteiger partial charge in [-0.15, -0.1) is 0 Å². The van der Waals surface area contributed by atoms with Gasteiger partial charge in [0.25, 0.3) is 0 Å². The third-order valence-electron chi connectivity index (χ3n) is 2.90. The van der Waals surface area contributed by atoms with Crippen LogP contribution in [0, 0.1) is 6.92 Å². The van der Waals surface area contributed by atoms with E-state index in [-0.39, 0.29) is 10.6 Å². The summed E-state index contributed by atoms with van der Waals surface area (Å²) in [4.78, 5) is 0.0295. The van der Waals surface area contributed by atoms with Crippen molar-refractivity contribution in [2.75, 3.05) is 5.73 Å². The number of benzene rings is 1. The number of rotatable bonds is 4. The molecular weight excluding hydrogens is 252 g/mol. The minimum Gasteiger partial charge on any atom is -0.398 e. The lowest BCUT2D eigenvalue weighted by Crippen LogP contribution is -2.50. The van der Waals surface area contributed by atoms with Crippen LogP contribution >= 0.6 is 0 Å². The molecule has 0 bridgehead atoms. The van der Waals surface area contributed by atoms with Gasteiger partial charge in [-0.05, 0) is 45.4 Å². The van der Waals surface area contributed by atoms with Crippen molar-refractivity contribution in [3.8, 4) is 0 Å². The first-order valence-corrected chi connectivity index (χ1v) is 7.13. The van der Waals surface area contributed by atoms with Gasteiger partial charge in [0.1, 0.15) is 4.90 Å². The van der Waals surface area contributed by atoms with Crippen LogP contribution in [0.5, 0.6) is 0 Å². The lowest BCUT2D eigenvalue weighted by molar-refractivity contribution is 0.111. The van der Waals surface area contributed by atoms with E-state index in [0.29, 0.717) is 0 Å². The van der Waals surface area contributed by atoms with Gasteiger partial charge in [0.05, 0.1) is 17.3 Å². The molecule has 0 amide bonds. The van der Waals surface area contributed by atoms with E-state index in [4.69, 9.17) is 5.73 Å². The second kappa shape index (κ2) is 4.87. The Balaban J connectivity index is 3.15. The molecule has 0 aliphatic carbocycles. The molecule has 6 heteroatoms. The van der Waals surface area contributed by atoms with Crippen LogP contribution in [0.4, 0.5) is 5.69 Å². The fraction of sp³-hybridized carbons (Fsp3) is 0.500. The molecule has 5 nitrogen and oxygen atoms in total. The van der Waals surface area contributed by atoms with Crippen LogP contribution in [0.25, 0.3) is 0 Å². The van der Waals surface area contributed by atoms with Gasteiger partial charge >= 0.3 is 0 Å². The monoisotopic (exact) mass is 272 g/mol. The maximum atomic E-state index is 12.2. The molecule has 0 aliphatic heterocycles. The maximum Gasteiger partial charge on any atom is 0.243 e. The normalized spacial score (nSPS) is 14.5. The molecule has 18 heavy (non-hydrogen) atoms. The van der Waals surface area contributed by atoms with Crippen LogP contribution in [0.2, 0.25) is 0 Å². The molecule has 0 radical (unpaired) electrons. The first-order valence-electron chi connectivity index (χ1n) is 5.64. The zero-order valence-electron chi connectivity index (χ0n) is 11.1. The van der Waals surface area contributed by atoms with Gasteiger partial charge in [-0.1, -0.05) is 6.07 Å². The van der Waals surface area contributed by atoms with Crippen molar-refractivity contribution < 1.29 is 13.5 Å². The number of nitrogen functional groups attached to an aromatic ring is 1. The van der Waals surface area contributed by atoms with Crippen molar-refractivity contribution in [3.05, 3.63) is 23.8 Å². The Hall–Kier alpha value is -1.11. The molecule has 0 aliphatic rings. The number of hydrogen-bond donors (Lipinski definition) is 3. The summed E-state index contributed by atoms with van der Waals surface area (Å²) in [6.45, 7) is 6.58. The minimum absolute atomic E-state index is 0.0295. The summed E-state index contributed by atoms with van der Waals surface area (Å²) in [5.41, 5.74) is 5.85. The largest absolute Gasteiger partial charge is 0.398 e. The number of nitrogens with one attached hydrogen (secondary N) is 1. The Kier molecular flexibility index (Phi) is 4.05. The second-order valence-electron chi connectivity index (χ2n) is 5.04. The lowest BCUT2D eigenvalue weighted by Gasteiger charge is -2.29. The van der Waals surface area contributed by atoms with Gasteiger partial charge in [0, 0.05) is 0 Å².